The van der Waals surface area contributed by atoms with E-state index in [4.69, 9.17) is 8.83 Å². The molecule has 0 atom stereocenters. The fourth-order valence-corrected chi connectivity index (χ4v) is 15.1. The van der Waals surface area contributed by atoms with Crippen LogP contribution < -0.4 is 9.80 Å². The van der Waals surface area contributed by atoms with Crippen LogP contribution in [-0.2, 0) is 5.41 Å². The monoisotopic (exact) mass is 1100 g/mol. The lowest BCUT2D eigenvalue weighted by Gasteiger charge is -2.31. The highest BCUT2D eigenvalue weighted by atomic mass is 32.1. The molecule has 17 rings (SSSR count). The van der Waals surface area contributed by atoms with Crippen molar-refractivity contribution in [2.45, 2.75) is 19.3 Å². The molecule has 0 spiro atoms. The molecule has 0 aliphatic heterocycles. The van der Waals surface area contributed by atoms with Gasteiger partial charge in [-0.2, -0.15) is 0 Å². The molecule has 0 radical (unpaired) electrons. The molecule has 7 heteroatoms. The lowest BCUT2D eigenvalue weighted by molar-refractivity contribution is 0.627. The Morgan fingerprint density at radius 2 is 0.833 bits per heavy atom. The zero-order chi connectivity index (χ0) is 55.9. The van der Waals surface area contributed by atoms with Crippen LogP contribution in [-0.4, -0.2) is 0 Å². The fraction of sp³-hybridized carbons (Fsp3) is 0.0390. The second-order valence-electron chi connectivity index (χ2n) is 22.5. The molecule has 398 valence electrons. The number of thiophene rings is 1. The fourth-order valence-electron chi connectivity index (χ4n) is 13.9. The summed E-state index contributed by atoms with van der Waals surface area (Å²) >= 11 is 1.82. The first-order chi connectivity index (χ1) is 41.3. The molecule has 0 bridgehead atoms. The zero-order valence-corrected chi connectivity index (χ0v) is 46.4. The molecule has 3 heterocycles. The third-order valence-electron chi connectivity index (χ3n) is 17.6. The van der Waals surface area contributed by atoms with E-state index in [1.807, 2.05) is 72.0 Å². The molecule has 1 aliphatic rings. The Kier molecular flexibility index (Phi) is 10.6. The highest BCUT2D eigenvalue weighted by Gasteiger charge is 2.36. The van der Waals surface area contributed by atoms with E-state index in [1.165, 1.54) is 23.3 Å². The van der Waals surface area contributed by atoms with Gasteiger partial charge >= 0.3 is 0 Å². The summed E-state index contributed by atoms with van der Waals surface area (Å²) in [6, 6.07) is 87.4. The Balaban J connectivity index is 1.03. The summed E-state index contributed by atoms with van der Waals surface area (Å²) in [7, 11) is 0. The standard InChI is InChI=1S/C77H48F2N2O2S/c1-77(2)62-26-10-5-18-51(62)61-44-66(81(48-39-35-46(79)36-40-48)65-29-16-25-57-53-20-8-13-31-68(53)83-75(57)65)71-59-23-9-14-32-69(59)84-76(71)73(61)72-54-21-4-3-17-50(54)60-43-49(41-42-55(60)70(72)58-22-6-11-27-63(58)77)80(47-37-33-45(78)34-38-47)64-28-15-24-56-52-19-7-12-30-67(52)82-74(56)64/h3-44H,1-2H3. The van der Waals surface area contributed by atoms with Gasteiger partial charge in [0.05, 0.1) is 17.1 Å². The number of fused-ring (bicyclic) bond motifs is 22. The summed E-state index contributed by atoms with van der Waals surface area (Å²) in [6.45, 7) is 4.73. The van der Waals surface area contributed by atoms with Gasteiger partial charge in [0.2, 0.25) is 0 Å². The largest absolute Gasteiger partial charge is 0.454 e. The van der Waals surface area contributed by atoms with E-state index >= 15 is 4.39 Å². The van der Waals surface area contributed by atoms with Gasteiger partial charge in [-0.15, -0.1) is 11.3 Å². The Morgan fingerprint density at radius 1 is 0.345 bits per heavy atom. The van der Waals surface area contributed by atoms with E-state index in [9.17, 15) is 4.39 Å². The quantitative estimate of drug-likeness (QED) is 0.155. The molecule has 4 nitrogen and oxygen atoms in total. The molecule has 16 aromatic rings. The molecule has 1 aliphatic carbocycles. The third-order valence-corrected chi connectivity index (χ3v) is 18.8. The van der Waals surface area contributed by atoms with Gasteiger partial charge in [-0.3, -0.25) is 0 Å². The predicted molar refractivity (Wildman–Crippen MR) is 347 cm³/mol. The van der Waals surface area contributed by atoms with Crippen LogP contribution in [0, 0.1) is 11.6 Å². The summed E-state index contributed by atoms with van der Waals surface area (Å²) in [5.74, 6) is -0.623. The van der Waals surface area contributed by atoms with Gasteiger partial charge in [-0.25, -0.2) is 8.78 Å². The van der Waals surface area contributed by atoms with E-state index < -0.39 is 5.41 Å². The second kappa shape index (κ2) is 18.3. The summed E-state index contributed by atoms with van der Waals surface area (Å²) in [5, 5.41) is 10.6. The van der Waals surface area contributed by atoms with Crippen molar-refractivity contribution < 1.29 is 17.6 Å². The number of nitrogens with zero attached hydrogens (tertiary/aromatic N) is 2. The molecule has 0 fully saturated rings. The van der Waals surface area contributed by atoms with Crippen molar-refractivity contribution in [3.8, 4) is 33.4 Å². The zero-order valence-electron chi connectivity index (χ0n) is 45.6. The molecule has 0 saturated heterocycles. The van der Waals surface area contributed by atoms with Gasteiger partial charge in [-0.05, 0) is 152 Å². The average Bonchev–Trinajstić information content (AvgIpc) is 1.45. The van der Waals surface area contributed by atoms with Crippen molar-refractivity contribution in [2.24, 2.45) is 0 Å². The summed E-state index contributed by atoms with van der Waals surface area (Å²) in [4.78, 5) is 4.49. The Hall–Kier alpha value is -10.3. The molecule has 0 unspecified atom stereocenters. The van der Waals surface area contributed by atoms with Crippen LogP contribution in [0.5, 0.6) is 0 Å². The number of para-hydroxylation sites is 4. The minimum Gasteiger partial charge on any atom is -0.454 e. The Morgan fingerprint density at radius 3 is 1.49 bits per heavy atom. The Labute approximate surface area is 485 Å². The van der Waals surface area contributed by atoms with Crippen LogP contribution in [0.2, 0.25) is 0 Å². The number of hydrogen-bond donors (Lipinski definition) is 0. The molecular formula is C77H48F2N2O2S. The molecule has 0 amide bonds. The molecule has 84 heavy (non-hydrogen) atoms. The van der Waals surface area contributed by atoms with Gasteiger partial charge in [0, 0.05) is 75.3 Å². The van der Waals surface area contributed by atoms with Crippen LogP contribution in [0.15, 0.2) is 264 Å². The van der Waals surface area contributed by atoms with Crippen molar-refractivity contribution in [3.05, 3.63) is 278 Å². The lowest BCUT2D eigenvalue weighted by Crippen LogP contribution is -2.21. The number of halogens is 2. The van der Waals surface area contributed by atoms with E-state index in [-0.39, 0.29) is 11.6 Å². The molecular weight excluding hydrogens is 1050 g/mol. The van der Waals surface area contributed by atoms with Gasteiger partial charge < -0.3 is 18.6 Å². The maximum absolute atomic E-state index is 15.3. The summed E-state index contributed by atoms with van der Waals surface area (Å²) in [5.41, 5.74) is 16.8. The van der Waals surface area contributed by atoms with Gasteiger partial charge in [0.1, 0.15) is 22.8 Å². The minimum atomic E-state index is -0.527. The lowest BCUT2D eigenvalue weighted by atomic mass is 9.73. The number of furan rings is 2. The normalized spacial score (nSPS) is 12.9. The van der Waals surface area contributed by atoms with Crippen molar-refractivity contribution in [3.63, 3.8) is 0 Å². The van der Waals surface area contributed by atoms with Crippen LogP contribution in [0.25, 0.3) is 119 Å². The van der Waals surface area contributed by atoms with Crippen molar-refractivity contribution in [1.29, 1.82) is 0 Å². The van der Waals surface area contributed by atoms with Crippen LogP contribution in [0.4, 0.5) is 42.9 Å². The van der Waals surface area contributed by atoms with E-state index in [0.717, 1.165) is 153 Å². The number of anilines is 6. The summed E-state index contributed by atoms with van der Waals surface area (Å²) < 4.78 is 46.2. The van der Waals surface area contributed by atoms with Crippen LogP contribution >= 0.6 is 11.3 Å². The smallest absolute Gasteiger partial charge is 0.159 e. The van der Waals surface area contributed by atoms with Gasteiger partial charge in [0.15, 0.2) is 11.2 Å². The van der Waals surface area contributed by atoms with Crippen LogP contribution in [0.1, 0.15) is 25.0 Å². The van der Waals surface area contributed by atoms with Crippen molar-refractivity contribution in [1.82, 2.24) is 0 Å². The van der Waals surface area contributed by atoms with Crippen LogP contribution in [0.3, 0.4) is 0 Å². The maximum Gasteiger partial charge on any atom is 0.159 e. The highest BCUT2D eigenvalue weighted by molar-refractivity contribution is 7.26. The number of rotatable bonds is 6. The SMILES string of the molecule is CC1(C)c2ccccc2-c2cc(N(c3ccc(F)cc3)c3cccc4c3oc3ccccc34)c3c(sc4ccccc43)c2-c2c(c3ccc(N(c4ccc(F)cc4)c4cccc5c4oc4ccccc45)cc3c3ccccc23)-c2ccccc21. The first-order valence-corrected chi connectivity index (χ1v) is 29.2. The van der Waals surface area contributed by atoms with Gasteiger partial charge in [0.25, 0.3) is 0 Å². The minimum absolute atomic E-state index is 0.310. The highest BCUT2D eigenvalue weighted by Crippen LogP contribution is 2.60. The molecule has 13 aromatic carbocycles. The number of hydrogen-bond acceptors (Lipinski definition) is 5. The van der Waals surface area contributed by atoms with E-state index in [0.29, 0.717) is 0 Å². The molecule has 3 aromatic heterocycles. The topological polar surface area (TPSA) is 32.8 Å². The van der Waals surface area contributed by atoms with Crippen molar-refractivity contribution in [2.75, 3.05) is 9.80 Å². The third kappa shape index (κ3) is 7.09. The van der Waals surface area contributed by atoms with E-state index in [2.05, 4.69) is 194 Å². The first-order valence-electron chi connectivity index (χ1n) is 28.4. The molecule has 0 N–H and O–H groups in total. The second-order valence-corrected chi connectivity index (χ2v) is 23.5. The first kappa shape index (κ1) is 48.4. The van der Waals surface area contributed by atoms with E-state index in [1.54, 1.807) is 12.1 Å². The maximum atomic E-state index is 15.3. The predicted octanol–water partition coefficient (Wildman–Crippen LogP) is 23.0. The summed E-state index contributed by atoms with van der Waals surface area (Å²) in [6.07, 6.45) is 0. The van der Waals surface area contributed by atoms with Crippen molar-refractivity contribution >= 4 is 131 Å². The average molecular weight is 1100 g/mol. The van der Waals surface area contributed by atoms with Gasteiger partial charge in [-0.1, -0.05) is 172 Å². The number of benzene rings is 13. The molecule has 0 saturated carbocycles. The Bertz CT molecular complexity index is 5400.